The van der Waals surface area contributed by atoms with Crippen LogP contribution in [0.25, 0.3) is 0 Å². The van der Waals surface area contributed by atoms with Gasteiger partial charge < -0.3 is 5.32 Å². The van der Waals surface area contributed by atoms with Crippen LogP contribution in [0.2, 0.25) is 5.02 Å². The summed E-state index contributed by atoms with van der Waals surface area (Å²) in [6.07, 6.45) is 1.82. The van der Waals surface area contributed by atoms with E-state index in [0.29, 0.717) is 6.54 Å². The van der Waals surface area contributed by atoms with Crippen molar-refractivity contribution in [1.82, 2.24) is 4.98 Å². The van der Waals surface area contributed by atoms with Gasteiger partial charge in [0, 0.05) is 21.7 Å². The number of halogens is 2. The molecule has 1 N–H and O–H groups in total. The van der Waals surface area contributed by atoms with Gasteiger partial charge in [-0.3, -0.25) is 4.98 Å². The van der Waals surface area contributed by atoms with Crippen LogP contribution in [-0.2, 0) is 6.54 Å². The Labute approximate surface area is 114 Å². The van der Waals surface area contributed by atoms with Gasteiger partial charge in [-0.1, -0.05) is 27.5 Å². The summed E-state index contributed by atoms with van der Waals surface area (Å²) in [6, 6.07) is 9.81. The number of pyridine rings is 1. The Morgan fingerprint density at radius 1 is 1.29 bits per heavy atom. The van der Waals surface area contributed by atoms with Crippen LogP contribution in [0.3, 0.4) is 0 Å². The highest BCUT2D eigenvalue weighted by molar-refractivity contribution is 9.10. The first kappa shape index (κ1) is 12.4. The van der Waals surface area contributed by atoms with Gasteiger partial charge in [0.15, 0.2) is 0 Å². The maximum absolute atomic E-state index is 6.11. The van der Waals surface area contributed by atoms with Crippen molar-refractivity contribution in [2.45, 2.75) is 13.5 Å². The minimum atomic E-state index is 0.684. The SMILES string of the molecule is Cc1ccc(NCc2cc(Br)ccc2Cl)cn1. The van der Waals surface area contributed by atoms with E-state index in [1.54, 1.807) is 0 Å². The van der Waals surface area contributed by atoms with Crippen LogP contribution >= 0.6 is 27.5 Å². The summed E-state index contributed by atoms with van der Waals surface area (Å²) in [5.41, 5.74) is 3.06. The largest absolute Gasteiger partial charge is 0.380 e. The van der Waals surface area contributed by atoms with E-state index in [1.807, 2.05) is 43.5 Å². The summed E-state index contributed by atoms with van der Waals surface area (Å²) < 4.78 is 1.03. The van der Waals surface area contributed by atoms with Gasteiger partial charge in [-0.25, -0.2) is 0 Å². The maximum Gasteiger partial charge on any atom is 0.0529 e. The third-order valence-electron chi connectivity index (χ3n) is 2.40. The van der Waals surface area contributed by atoms with Crippen molar-refractivity contribution in [2.24, 2.45) is 0 Å². The van der Waals surface area contributed by atoms with Crippen molar-refractivity contribution in [3.8, 4) is 0 Å². The number of benzene rings is 1. The molecule has 0 fully saturated rings. The third-order valence-corrected chi connectivity index (χ3v) is 3.26. The highest BCUT2D eigenvalue weighted by Crippen LogP contribution is 2.21. The lowest BCUT2D eigenvalue weighted by Gasteiger charge is -2.08. The molecule has 17 heavy (non-hydrogen) atoms. The summed E-state index contributed by atoms with van der Waals surface area (Å²) in [6.45, 7) is 2.65. The second-order valence-electron chi connectivity index (χ2n) is 3.78. The van der Waals surface area contributed by atoms with E-state index in [4.69, 9.17) is 11.6 Å². The second-order valence-corrected chi connectivity index (χ2v) is 5.10. The quantitative estimate of drug-likeness (QED) is 0.907. The number of rotatable bonds is 3. The van der Waals surface area contributed by atoms with Crippen LogP contribution in [0.5, 0.6) is 0 Å². The minimum absolute atomic E-state index is 0.684. The van der Waals surface area contributed by atoms with Crippen molar-refractivity contribution in [3.05, 3.63) is 57.3 Å². The molecular formula is C13H12BrClN2. The average Bonchev–Trinajstić information content (AvgIpc) is 2.32. The Morgan fingerprint density at radius 3 is 2.82 bits per heavy atom. The van der Waals surface area contributed by atoms with Gasteiger partial charge in [0.05, 0.1) is 11.9 Å². The fourth-order valence-corrected chi connectivity index (χ4v) is 2.04. The van der Waals surface area contributed by atoms with Crippen LogP contribution in [0, 0.1) is 6.92 Å². The number of hydrogen-bond donors (Lipinski definition) is 1. The normalized spacial score (nSPS) is 10.3. The highest BCUT2D eigenvalue weighted by Gasteiger charge is 2.01. The fraction of sp³-hybridized carbons (Fsp3) is 0.154. The van der Waals surface area contributed by atoms with Crippen LogP contribution in [0.1, 0.15) is 11.3 Å². The van der Waals surface area contributed by atoms with Crippen molar-refractivity contribution < 1.29 is 0 Å². The van der Waals surface area contributed by atoms with Crippen molar-refractivity contribution >= 4 is 33.2 Å². The van der Waals surface area contributed by atoms with Gasteiger partial charge in [0.1, 0.15) is 0 Å². The van der Waals surface area contributed by atoms with Crippen molar-refractivity contribution in [1.29, 1.82) is 0 Å². The number of hydrogen-bond acceptors (Lipinski definition) is 2. The van der Waals surface area contributed by atoms with Gasteiger partial charge in [-0.15, -0.1) is 0 Å². The Kier molecular flexibility index (Phi) is 4.02. The number of nitrogens with one attached hydrogen (secondary N) is 1. The molecule has 2 rings (SSSR count). The van der Waals surface area contributed by atoms with E-state index in [-0.39, 0.29) is 0 Å². The Balaban J connectivity index is 2.07. The molecule has 0 spiro atoms. The van der Waals surface area contributed by atoms with E-state index in [9.17, 15) is 0 Å². The smallest absolute Gasteiger partial charge is 0.0529 e. The minimum Gasteiger partial charge on any atom is -0.380 e. The maximum atomic E-state index is 6.11. The molecule has 0 bridgehead atoms. The second kappa shape index (κ2) is 5.52. The molecule has 1 aromatic heterocycles. The molecule has 0 saturated carbocycles. The number of aryl methyl sites for hydroxylation is 1. The van der Waals surface area contributed by atoms with Gasteiger partial charge >= 0.3 is 0 Å². The molecule has 0 radical (unpaired) electrons. The molecule has 0 aliphatic carbocycles. The Bertz CT molecular complexity index is 511. The van der Waals surface area contributed by atoms with E-state index in [0.717, 1.165) is 26.4 Å². The number of nitrogens with zero attached hydrogens (tertiary/aromatic N) is 1. The van der Waals surface area contributed by atoms with Crippen LogP contribution < -0.4 is 5.32 Å². The lowest BCUT2D eigenvalue weighted by Crippen LogP contribution is -2.00. The molecule has 88 valence electrons. The summed E-state index contributed by atoms with van der Waals surface area (Å²) in [5, 5.41) is 4.05. The van der Waals surface area contributed by atoms with E-state index in [2.05, 4.69) is 26.2 Å². The van der Waals surface area contributed by atoms with E-state index in [1.165, 1.54) is 0 Å². The molecular weight excluding hydrogens is 300 g/mol. The van der Waals surface area contributed by atoms with Crippen LogP contribution in [0.4, 0.5) is 5.69 Å². The lowest BCUT2D eigenvalue weighted by atomic mass is 10.2. The average molecular weight is 312 g/mol. The molecule has 2 aromatic rings. The predicted octanol–water partition coefficient (Wildman–Crippen LogP) is 4.42. The molecule has 0 saturated heterocycles. The topological polar surface area (TPSA) is 24.9 Å². The highest BCUT2D eigenvalue weighted by atomic mass is 79.9. The van der Waals surface area contributed by atoms with Crippen molar-refractivity contribution in [3.63, 3.8) is 0 Å². The molecule has 4 heteroatoms. The number of aromatic nitrogens is 1. The van der Waals surface area contributed by atoms with Gasteiger partial charge in [0.2, 0.25) is 0 Å². The lowest BCUT2D eigenvalue weighted by molar-refractivity contribution is 1.12. The van der Waals surface area contributed by atoms with Gasteiger partial charge in [-0.2, -0.15) is 0 Å². The van der Waals surface area contributed by atoms with Crippen molar-refractivity contribution in [2.75, 3.05) is 5.32 Å². The third kappa shape index (κ3) is 3.45. The summed E-state index contributed by atoms with van der Waals surface area (Å²) in [5.74, 6) is 0. The monoisotopic (exact) mass is 310 g/mol. The standard InChI is InChI=1S/C13H12BrClN2/c1-9-2-4-12(8-16-9)17-7-10-6-11(14)3-5-13(10)15/h2-6,8,17H,7H2,1H3. The summed E-state index contributed by atoms with van der Waals surface area (Å²) in [4.78, 5) is 4.23. The number of anilines is 1. The Hall–Kier alpha value is -1.06. The summed E-state index contributed by atoms with van der Waals surface area (Å²) >= 11 is 9.54. The summed E-state index contributed by atoms with van der Waals surface area (Å²) in [7, 11) is 0. The molecule has 0 atom stereocenters. The molecule has 1 heterocycles. The molecule has 0 amide bonds. The first-order valence-corrected chi connectivity index (χ1v) is 6.43. The fourth-order valence-electron chi connectivity index (χ4n) is 1.45. The van der Waals surface area contributed by atoms with E-state index >= 15 is 0 Å². The zero-order valence-electron chi connectivity index (χ0n) is 9.37. The van der Waals surface area contributed by atoms with E-state index < -0.39 is 0 Å². The zero-order chi connectivity index (χ0) is 12.3. The molecule has 0 aliphatic heterocycles. The zero-order valence-corrected chi connectivity index (χ0v) is 11.7. The Morgan fingerprint density at radius 2 is 2.12 bits per heavy atom. The van der Waals surface area contributed by atoms with Crippen LogP contribution in [0.15, 0.2) is 41.0 Å². The van der Waals surface area contributed by atoms with Gasteiger partial charge in [-0.05, 0) is 42.8 Å². The first-order chi connectivity index (χ1) is 8.15. The van der Waals surface area contributed by atoms with Crippen LogP contribution in [-0.4, -0.2) is 4.98 Å². The molecule has 0 unspecified atom stereocenters. The molecule has 1 aromatic carbocycles. The van der Waals surface area contributed by atoms with Gasteiger partial charge in [0.25, 0.3) is 0 Å². The first-order valence-electron chi connectivity index (χ1n) is 5.25. The molecule has 2 nitrogen and oxygen atoms in total. The predicted molar refractivity (Wildman–Crippen MR) is 75.5 cm³/mol. The molecule has 0 aliphatic rings.